The Labute approximate surface area is 220 Å². The van der Waals surface area contributed by atoms with Gasteiger partial charge in [-0.05, 0) is 79.8 Å². The molecule has 0 aliphatic heterocycles. The van der Waals surface area contributed by atoms with Crippen LogP contribution in [0.4, 0.5) is 11.4 Å². The average Bonchev–Trinajstić information content (AvgIpc) is 2.89. The summed E-state index contributed by atoms with van der Waals surface area (Å²) in [7, 11) is 0.545. The molecule has 0 aromatic heterocycles. The van der Waals surface area contributed by atoms with Crippen LogP contribution in [0.2, 0.25) is 0 Å². The third-order valence-corrected chi connectivity index (χ3v) is 6.60. The van der Waals surface area contributed by atoms with Crippen molar-refractivity contribution >= 4 is 44.6 Å². The number of hydrogen-bond acceptors (Lipinski definition) is 8. The number of benzene rings is 3. The molecule has 0 saturated carbocycles. The van der Waals surface area contributed by atoms with Gasteiger partial charge in [0.2, 0.25) is 5.75 Å². The molecule has 3 rings (SSSR count). The van der Waals surface area contributed by atoms with Gasteiger partial charge in [0, 0.05) is 16.9 Å². The van der Waals surface area contributed by atoms with Crippen LogP contribution in [0.1, 0.15) is 17.3 Å². The number of anilines is 2. The Hall–Kier alpha value is -4.03. The molecule has 0 radical (unpaired) electrons. The van der Waals surface area contributed by atoms with Crippen molar-refractivity contribution in [1.29, 1.82) is 0 Å². The molecular formula is C25H27N3O7S2. The summed E-state index contributed by atoms with van der Waals surface area (Å²) in [5.74, 6) is 1.14. The average molecular weight is 546 g/mol. The highest BCUT2D eigenvalue weighted by atomic mass is 32.2. The van der Waals surface area contributed by atoms with E-state index in [1.54, 1.807) is 24.3 Å². The van der Waals surface area contributed by atoms with Gasteiger partial charge in [-0.1, -0.05) is 0 Å². The summed E-state index contributed by atoms with van der Waals surface area (Å²) in [6, 6.07) is 15.5. The number of ether oxygens (including phenoxy) is 4. The largest absolute Gasteiger partial charge is 0.494 e. The summed E-state index contributed by atoms with van der Waals surface area (Å²) in [6.07, 6.45) is 0. The topological polar surface area (TPSA) is 124 Å². The Bertz CT molecular complexity index is 1340. The molecule has 0 aliphatic rings. The van der Waals surface area contributed by atoms with Gasteiger partial charge in [0.1, 0.15) is 5.75 Å². The lowest BCUT2D eigenvalue weighted by Gasteiger charge is -2.15. The summed E-state index contributed by atoms with van der Waals surface area (Å²) in [6.45, 7) is 2.38. The first-order valence-electron chi connectivity index (χ1n) is 11.0. The fraction of sp³-hybridized carbons (Fsp3) is 0.200. The van der Waals surface area contributed by atoms with Crippen molar-refractivity contribution in [2.45, 2.75) is 11.8 Å². The van der Waals surface area contributed by atoms with Crippen LogP contribution >= 0.6 is 12.2 Å². The first-order chi connectivity index (χ1) is 17.7. The number of nitrogens with one attached hydrogen (secondary N) is 3. The number of hydrogen-bond donors (Lipinski definition) is 3. The van der Waals surface area contributed by atoms with Gasteiger partial charge in [-0.15, -0.1) is 0 Å². The van der Waals surface area contributed by atoms with E-state index in [4.69, 9.17) is 31.2 Å². The SMILES string of the molecule is CCOc1ccc(NS(=O)(=O)c2ccc(NC(=S)NC(=O)c3cc(OC)c(OC)c(OC)c3)cc2)cc1. The van der Waals surface area contributed by atoms with E-state index in [9.17, 15) is 13.2 Å². The van der Waals surface area contributed by atoms with Crippen LogP contribution in [0.15, 0.2) is 65.6 Å². The summed E-state index contributed by atoms with van der Waals surface area (Å²) in [5.41, 5.74) is 1.12. The zero-order valence-corrected chi connectivity index (χ0v) is 22.3. The number of carbonyl (C=O) groups is 1. The molecule has 0 aliphatic carbocycles. The summed E-state index contributed by atoms with van der Waals surface area (Å²) in [4.78, 5) is 12.8. The van der Waals surface area contributed by atoms with Gasteiger partial charge in [0.15, 0.2) is 16.6 Å². The fourth-order valence-corrected chi connectivity index (χ4v) is 4.54. The fourth-order valence-electron chi connectivity index (χ4n) is 3.27. The number of sulfonamides is 1. The van der Waals surface area contributed by atoms with Crippen molar-refractivity contribution < 1.29 is 32.2 Å². The van der Waals surface area contributed by atoms with E-state index in [2.05, 4.69) is 15.4 Å². The molecule has 0 atom stereocenters. The van der Waals surface area contributed by atoms with Crippen LogP contribution in [-0.4, -0.2) is 47.4 Å². The highest BCUT2D eigenvalue weighted by molar-refractivity contribution is 7.92. The lowest BCUT2D eigenvalue weighted by atomic mass is 10.1. The standard InChI is InChI=1S/C25H27N3O7S2/c1-5-35-19-10-6-18(7-11-19)28-37(30,31)20-12-8-17(9-13-20)26-25(36)27-24(29)16-14-21(32-2)23(34-4)22(15-16)33-3/h6-15,28H,5H2,1-4H3,(H2,26,27,29,36). The van der Waals surface area contributed by atoms with E-state index in [0.29, 0.717) is 41.0 Å². The predicted molar refractivity (Wildman–Crippen MR) is 145 cm³/mol. The second-order valence-electron chi connectivity index (χ2n) is 7.41. The molecular weight excluding hydrogens is 518 g/mol. The predicted octanol–water partition coefficient (Wildman–Crippen LogP) is 4.04. The van der Waals surface area contributed by atoms with Crippen molar-refractivity contribution in [2.75, 3.05) is 38.0 Å². The van der Waals surface area contributed by atoms with Crippen molar-refractivity contribution in [3.63, 3.8) is 0 Å². The maximum atomic E-state index is 12.7. The molecule has 0 bridgehead atoms. The Kier molecular flexibility index (Phi) is 9.15. The molecule has 0 saturated heterocycles. The number of amides is 1. The van der Waals surface area contributed by atoms with Crippen LogP contribution in [0, 0.1) is 0 Å². The zero-order chi connectivity index (χ0) is 27.0. The molecule has 0 spiro atoms. The maximum Gasteiger partial charge on any atom is 0.261 e. The van der Waals surface area contributed by atoms with Gasteiger partial charge in [-0.25, -0.2) is 8.42 Å². The maximum absolute atomic E-state index is 12.7. The summed E-state index contributed by atoms with van der Waals surface area (Å²) in [5, 5.41) is 5.43. The smallest absolute Gasteiger partial charge is 0.261 e. The molecule has 0 unspecified atom stereocenters. The van der Waals surface area contributed by atoms with Crippen molar-refractivity contribution in [1.82, 2.24) is 5.32 Å². The highest BCUT2D eigenvalue weighted by Crippen LogP contribution is 2.38. The molecule has 3 aromatic carbocycles. The normalized spacial score (nSPS) is 10.7. The van der Waals surface area contributed by atoms with E-state index >= 15 is 0 Å². The van der Waals surface area contributed by atoms with E-state index in [-0.39, 0.29) is 15.6 Å². The van der Waals surface area contributed by atoms with Gasteiger partial charge in [-0.2, -0.15) is 0 Å². The van der Waals surface area contributed by atoms with Crippen LogP contribution in [0.25, 0.3) is 0 Å². The minimum Gasteiger partial charge on any atom is -0.494 e. The van der Waals surface area contributed by atoms with Crippen molar-refractivity contribution in [3.8, 4) is 23.0 Å². The minimum absolute atomic E-state index is 0.0156. The number of carbonyl (C=O) groups excluding carboxylic acids is 1. The van der Waals surface area contributed by atoms with E-state index in [1.165, 1.54) is 57.7 Å². The molecule has 1 amide bonds. The summed E-state index contributed by atoms with van der Waals surface area (Å²) >= 11 is 5.23. The minimum atomic E-state index is -3.81. The molecule has 3 aromatic rings. The van der Waals surface area contributed by atoms with E-state index in [0.717, 1.165) is 0 Å². The molecule has 196 valence electrons. The van der Waals surface area contributed by atoms with Gasteiger partial charge in [0.25, 0.3) is 15.9 Å². The second kappa shape index (κ2) is 12.3. The van der Waals surface area contributed by atoms with Crippen molar-refractivity contribution in [2.24, 2.45) is 0 Å². The molecule has 0 heterocycles. The molecule has 12 heteroatoms. The first kappa shape index (κ1) is 27.6. The third-order valence-electron chi connectivity index (χ3n) is 4.99. The van der Waals surface area contributed by atoms with Crippen molar-refractivity contribution in [3.05, 3.63) is 66.2 Å². The number of thiocarbonyl (C=S) groups is 1. The zero-order valence-electron chi connectivity index (χ0n) is 20.7. The lowest BCUT2D eigenvalue weighted by molar-refractivity contribution is 0.0977. The molecule has 37 heavy (non-hydrogen) atoms. The van der Waals surface area contributed by atoms with Crippen LogP contribution in [0.5, 0.6) is 23.0 Å². The molecule has 0 fully saturated rings. The van der Waals surface area contributed by atoms with Crippen LogP contribution in [0.3, 0.4) is 0 Å². The monoisotopic (exact) mass is 545 g/mol. The second-order valence-corrected chi connectivity index (χ2v) is 9.50. The van der Waals surface area contributed by atoms with E-state index < -0.39 is 15.9 Å². The van der Waals surface area contributed by atoms with Gasteiger partial charge < -0.3 is 24.3 Å². The quantitative estimate of drug-likeness (QED) is 0.324. The first-order valence-corrected chi connectivity index (χ1v) is 12.9. The number of methoxy groups -OCH3 is 3. The number of rotatable bonds is 10. The lowest BCUT2D eigenvalue weighted by Crippen LogP contribution is -2.34. The Balaban J connectivity index is 1.64. The molecule has 3 N–H and O–H groups in total. The van der Waals surface area contributed by atoms with Gasteiger partial charge in [0.05, 0.1) is 32.8 Å². The van der Waals surface area contributed by atoms with Gasteiger partial charge >= 0.3 is 0 Å². The summed E-state index contributed by atoms with van der Waals surface area (Å²) < 4.78 is 49.1. The van der Waals surface area contributed by atoms with Crippen LogP contribution in [-0.2, 0) is 10.0 Å². The van der Waals surface area contributed by atoms with Gasteiger partial charge in [-0.3, -0.25) is 14.8 Å². The Morgan fingerprint density at radius 2 is 1.43 bits per heavy atom. The Morgan fingerprint density at radius 3 is 1.95 bits per heavy atom. The third kappa shape index (κ3) is 7.02. The van der Waals surface area contributed by atoms with Crippen LogP contribution < -0.4 is 34.3 Å². The molecule has 10 nitrogen and oxygen atoms in total. The Morgan fingerprint density at radius 1 is 0.865 bits per heavy atom. The van der Waals surface area contributed by atoms with E-state index in [1.807, 2.05) is 6.92 Å². The highest BCUT2D eigenvalue weighted by Gasteiger charge is 2.18.